The van der Waals surface area contributed by atoms with Crippen molar-refractivity contribution in [2.45, 2.75) is 65.1 Å². The second-order valence-electron chi connectivity index (χ2n) is 10.8. The number of nitrogens with zero attached hydrogens (tertiary/aromatic N) is 2. The number of nitrogens with one attached hydrogen (secondary N) is 1. The summed E-state index contributed by atoms with van der Waals surface area (Å²) in [5, 5.41) is 3.35. The summed E-state index contributed by atoms with van der Waals surface area (Å²) in [5.41, 5.74) is 3.28. The molecule has 0 spiro atoms. The Balaban J connectivity index is 1.90. The molecule has 0 saturated carbocycles. The first-order valence-corrected chi connectivity index (χ1v) is 16.7. The average molecular weight is 628 g/mol. The van der Waals surface area contributed by atoms with Crippen molar-refractivity contribution < 1.29 is 22.7 Å². The van der Waals surface area contributed by atoms with E-state index in [1.54, 1.807) is 17.0 Å². The number of hydrogen-bond acceptors (Lipinski definition) is 5. The first kappa shape index (κ1) is 33.9. The van der Waals surface area contributed by atoms with Crippen LogP contribution in [0.25, 0.3) is 0 Å². The van der Waals surface area contributed by atoms with E-state index >= 15 is 0 Å². The van der Waals surface area contributed by atoms with Crippen molar-refractivity contribution in [2.75, 3.05) is 24.2 Å². The van der Waals surface area contributed by atoms with E-state index in [0.29, 0.717) is 17.9 Å². The molecule has 0 heterocycles. The number of aryl methyl sites for hydroxylation is 1. The van der Waals surface area contributed by atoms with Crippen LogP contribution in [0.5, 0.6) is 5.75 Å². The van der Waals surface area contributed by atoms with E-state index in [-0.39, 0.29) is 48.8 Å². The number of ether oxygens (including phenoxy) is 1. The van der Waals surface area contributed by atoms with Gasteiger partial charge in [0, 0.05) is 32.0 Å². The summed E-state index contributed by atoms with van der Waals surface area (Å²) in [4.78, 5) is 29.3. The molecule has 2 amide bonds. The number of benzene rings is 3. The Labute approximate surface area is 261 Å². The molecule has 8 nitrogen and oxygen atoms in total. The number of hydrogen-bond donors (Lipinski definition) is 1. The Bertz CT molecular complexity index is 1480. The number of sulfonamides is 1. The zero-order valence-electron chi connectivity index (χ0n) is 25.5. The maximum absolute atomic E-state index is 14.0. The summed E-state index contributed by atoms with van der Waals surface area (Å²) in [6.45, 7) is 6.23. The maximum atomic E-state index is 14.0. The fourth-order valence-electron chi connectivity index (χ4n) is 4.82. The van der Waals surface area contributed by atoms with Gasteiger partial charge in [-0.05, 0) is 56.0 Å². The molecule has 0 aromatic heterocycles. The van der Waals surface area contributed by atoms with Crippen LogP contribution in [0.2, 0.25) is 5.02 Å². The van der Waals surface area contributed by atoms with Crippen molar-refractivity contribution in [1.82, 2.24) is 10.2 Å². The zero-order valence-corrected chi connectivity index (χ0v) is 27.1. The van der Waals surface area contributed by atoms with E-state index in [0.717, 1.165) is 29.4 Å². The van der Waals surface area contributed by atoms with Crippen LogP contribution in [0, 0.1) is 6.92 Å². The standard InChI is InChI=1S/C33H42ClN3O5S/c1-6-25(3)35-33(39)30(21-26-13-8-7-9-14-26)36(23-27-15-10-12-24(2)20-27)32(38)16-11-19-37(43(5,40)41)28-17-18-31(42-4)29(34)22-28/h7-10,12-15,17-18,20,22,25,30H,6,11,16,19,21,23H2,1-5H3,(H,35,39). The lowest BCUT2D eigenvalue weighted by Crippen LogP contribution is -2.52. The predicted molar refractivity (Wildman–Crippen MR) is 173 cm³/mol. The van der Waals surface area contributed by atoms with Crippen LogP contribution in [0.4, 0.5) is 5.69 Å². The molecule has 0 aliphatic rings. The normalized spacial score (nSPS) is 12.7. The zero-order chi connectivity index (χ0) is 31.6. The minimum absolute atomic E-state index is 0.0453. The first-order valence-electron chi connectivity index (χ1n) is 14.4. The Morgan fingerprint density at radius 3 is 2.30 bits per heavy atom. The Kier molecular flexibility index (Phi) is 12.5. The second-order valence-corrected chi connectivity index (χ2v) is 13.1. The van der Waals surface area contributed by atoms with Gasteiger partial charge in [0.05, 0.1) is 24.1 Å². The Morgan fingerprint density at radius 1 is 1.00 bits per heavy atom. The fraction of sp³-hybridized carbons (Fsp3) is 0.394. The van der Waals surface area contributed by atoms with Crippen molar-refractivity contribution in [1.29, 1.82) is 0 Å². The van der Waals surface area contributed by atoms with Crippen molar-refractivity contribution in [2.24, 2.45) is 0 Å². The van der Waals surface area contributed by atoms with Crippen molar-refractivity contribution in [3.05, 3.63) is 94.5 Å². The van der Waals surface area contributed by atoms with Gasteiger partial charge in [0.1, 0.15) is 11.8 Å². The van der Waals surface area contributed by atoms with Gasteiger partial charge in [0.15, 0.2) is 0 Å². The molecule has 10 heteroatoms. The molecular formula is C33H42ClN3O5S. The van der Waals surface area contributed by atoms with Gasteiger partial charge in [-0.3, -0.25) is 13.9 Å². The molecule has 0 radical (unpaired) electrons. The minimum Gasteiger partial charge on any atom is -0.495 e. The lowest BCUT2D eigenvalue weighted by molar-refractivity contribution is -0.141. The van der Waals surface area contributed by atoms with Crippen LogP contribution >= 0.6 is 11.6 Å². The molecule has 0 bridgehead atoms. The monoisotopic (exact) mass is 627 g/mol. The van der Waals surface area contributed by atoms with Crippen molar-refractivity contribution in [3.63, 3.8) is 0 Å². The van der Waals surface area contributed by atoms with Gasteiger partial charge in [-0.2, -0.15) is 0 Å². The van der Waals surface area contributed by atoms with Crippen LogP contribution in [0.15, 0.2) is 72.8 Å². The van der Waals surface area contributed by atoms with Crippen LogP contribution in [0.3, 0.4) is 0 Å². The Morgan fingerprint density at radius 2 is 1.70 bits per heavy atom. The number of carbonyl (C=O) groups is 2. The van der Waals surface area contributed by atoms with Gasteiger partial charge in [0.25, 0.3) is 0 Å². The number of halogens is 1. The lowest BCUT2D eigenvalue weighted by Gasteiger charge is -2.33. The third kappa shape index (κ3) is 10.0. The van der Waals surface area contributed by atoms with E-state index in [2.05, 4.69) is 5.32 Å². The molecule has 0 aliphatic carbocycles. The molecule has 2 atom stereocenters. The number of amides is 2. The van der Waals surface area contributed by atoms with Gasteiger partial charge in [-0.25, -0.2) is 8.42 Å². The molecule has 1 N–H and O–H groups in total. The topological polar surface area (TPSA) is 96.0 Å². The third-order valence-electron chi connectivity index (χ3n) is 7.28. The summed E-state index contributed by atoms with van der Waals surface area (Å²) in [6.07, 6.45) is 2.51. The number of carbonyl (C=O) groups excluding carboxylic acids is 2. The Hall–Kier alpha value is -3.56. The highest BCUT2D eigenvalue weighted by atomic mass is 35.5. The highest BCUT2D eigenvalue weighted by Crippen LogP contribution is 2.30. The summed E-state index contributed by atoms with van der Waals surface area (Å²) >= 11 is 6.27. The molecular weight excluding hydrogens is 586 g/mol. The largest absolute Gasteiger partial charge is 0.495 e. The molecule has 2 unspecified atom stereocenters. The van der Waals surface area contributed by atoms with Crippen LogP contribution in [-0.2, 0) is 32.6 Å². The molecule has 0 saturated heterocycles. The molecule has 0 aliphatic heterocycles. The summed E-state index contributed by atoms with van der Waals surface area (Å²) in [7, 11) is -2.18. The van der Waals surface area contributed by atoms with Crippen molar-refractivity contribution >= 4 is 39.1 Å². The predicted octanol–water partition coefficient (Wildman–Crippen LogP) is 5.76. The molecule has 43 heavy (non-hydrogen) atoms. The van der Waals surface area contributed by atoms with Gasteiger partial charge in [-0.15, -0.1) is 0 Å². The highest BCUT2D eigenvalue weighted by molar-refractivity contribution is 7.92. The smallest absolute Gasteiger partial charge is 0.243 e. The van der Waals surface area contributed by atoms with Gasteiger partial charge in [0.2, 0.25) is 21.8 Å². The van der Waals surface area contributed by atoms with Crippen LogP contribution in [-0.4, -0.2) is 57.1 Å². The lowest BCUT2D eigenvalue weighted by atomic mass is 10.0. The van der Waals surface area contributed by atoms with Gasteiger partial charge >= 0.3 is 0 Å². The van der Waals surface area contributed by atoms with Gasteiger partial charge < -0.3 is 15.0 Å². The van der Waals surface area contributed by atoms with E-state index < -0.39 is 16.1 Å². The molecule has 3 aromatic carbocycles. The van der Waals surface area contributed by atoms with Gasteiger partial charge in [-0.1, -0.05) is 78.7 Å². The summed E-state index contributed by atoms with van der Waals surface area (Å²) < 4.78 is 31.9. The molecule has 0 fully saturated rings. The highest BCUT2D eigenvalue weighted by Gasteiger charge is 2.31. The second kappa shape index (κ2) is 15.8. The average Bonchev–Trinajstić information content (AvgIpc) is 2.96. The first-order chi connectivity index (χ1) is 20.4. The number of anilines is 1. The van der Waals surface area contributed by atoms with Crippen LogP contribution in [0.1, 0.15) is 49.8 Å². The fourth-order valence-corrected chi connectivity index (χ4v) is 6.03. The maximum Gasteiger partial charge on any atom is 0.243 e. The van der Waals surface area contributed by atoms with E-state index in [9.17, 15) is 18.0 Å². The SMILES string of the molecule is CCC(C)NC(=O)C(Cc1ccccc1)N(Cc1cccc(C)c1)C(=O)CCCN(c1ccc(OC)c(Cl)c1)S(C)(=O)=O. The number of rotatable bonds is 15. The van der Waals surface area contributed by atoms with Crippen molar-refractivity contribution in [3.8, 4) is 5.75 Å². The van der Waals surface area contributed by atoms with Crippen LogP contribution < -0.4 is 14.4 Å². The third-order valence-corrected chi connectivity index (χ3v) is 8.77. The van der Waals surface area contributed by atoms with E-state index in [4.69, 9.17) is 16.3 Å². The quantitative estimate of drug-likeness (QED) is 0.231. The minimum atomic E-state index is -3.67. The molecule has 3 rings (SSSR count). The summed E-state index contributed by atoms with van der Waals surface area (Å²) in [6, 6.07) is 21.4. The van der Waals surface area contributed by atoms with E-state index in [1.165, 1.54) is 17.5 Å². The molecule has 3 aromatic rings. The van der Waals surface area contributed by atoms with E-state index in [1.807, 2.05) is 75.4 Å². The number of methoxy groups -OCH3 is 1. The summed E-state index contributed by atoms with van der Waals surface area (Å²) in [5.74, 6) is -0.0197. The molecule has 232 valence electrons.